The van der Waals surface area contributed by atoms with Crippen molar-refractivity contribution in [3.8, 4) is 0 Å². The zero-order valence-corrected chi connectivity index (χ0v) is 12.9. The zero-order valence-electron chi connectivity index (χ0n) is 12.9. The summed E-state index contributed by atoms with van der Waals surface area (Å²) >= 11 is 0. The summed E-state index contributed by atoms with van der Waals surface area (Å²) in [6.07, 6.45) is 0. The van der Waals surface area contributed by atoms with Gasteiger partial charge in [0, 0.05) is 19.6 Å². The molecule has 0 spiro atoms. The molecule has 106 valence electrons. The van der Waals surface area contributed by atoms with Crippen LogP contribution in [0, 0.1) is 0 Å². The molecule has 1 aromatic carbocycles. The molecule has 1 aromatic rings. The highest BCUT2D eigenvalue weighted by Crippen LogP contribution is 2.16. The lowest BCUT2D eigenvalue weighted by Crippen LogP contribution is -2.24. The van der Waals surface area contributed by atoms with Crippen LogP contribution >= 0.6 is 0 Å². The SMILES string of the molecule is C=C(C)CN(CC)Cc1ccc(C(C)CNC)cc1. The number of likely N-dealkylation sites (N-methyl/N-ethyl adjacent to an activating group) is 2. The lowest BCUT2D eigenvalue weighted by Gasteiger charge is -2.21. The molecule has 2 heteroatoms. The molecule has 1 rings (SSSR count). The Kier molecular flexibility index (Phi) is 6.82. The molecule has 0 aliphatic rings. The van der Waals surface area contributed by atoms with Crippen molar-refractivity contribution in [2.24, 2.45) is 0 Å². The number of nitrogens with one attached hydrogen (secondary N) is 1. The summed E-state index contributed by atoms with van der Waals surface area (Å²) in [7, 11) is 2.00. The van der Waals surface area contributed by atoms with Gasteiger partial charge < -0.3 is 5.32 Å². The quantitative estimate of drug-likeness (QED) is 0.721. The first-order chi connectivity index (χ1) is 9.06. The van der Waals surface area contributed by atoms with Crippen LogP contribution in [0.1, 0.15) is 37.8 Å². The van der Waals surface area contributed by atoms with Crippen LogP contribution in [0.5, 0.6) is 0 Å². The fraction of sp³-hybridized carbons (Fsp3) is 0.529. The Balaban J connectivity index is 2.62. The predicted octanol–water partition coefficient (Wildman–Crippen LogP) is 3.41. The van der Waals surface area contributed by atoms with E-state index in [9.17, 15) is 0 Å². The van der Waals surface area contributed by atoms with Crippen molar-refractivity contribution in [3.05, 3.63) is 47.5 Å². The van der Waals surface area contributed by atoms with Gasteiger partial charge in [0.1, 0.15) is 0 Å². The third-order valence-corrected chi connectivity index (χ3v) is 3.41. The van der Waals surface area contributed by atoms with Crippen molar-refractivity contribution in [3.63, 3.8) is 0 Å². The van der Waals surface area contributed by atoms with E-state index in [1.165, 1.54) is 16.7 Å². The van der Waals surface area contributed by atoms with E-state index in [4.69, 9.17) is 0 Å². The molecule has 0 heterocycles. The molecule has 0 aliphatic carbocycles. The van der Waals surface area contributed by atoms with Crippen molar-refractivity contribution in [2.75, 3.05) is 26.7 Å². The Morgan fingerprint density at radius 1 is 1.32 bits per heavy atom. The maximum Gasteiger partial charge on any atom is 0.0237 e. The van der Waals surface area contributed by atoms with Gasteiger partial charge in [0.2, 0.25) is 0 Å². The number of benzene rings is 1. The highest BCUT2D eigenvalue weighted by molar-refractivity contribution is 5.25. The van der Waals surface area contributed by atoms with Crippen LogP contribution in [0.2, 0.25) is 0 Å². The van der Waals surface area contributed by atoms with E-state index in [-0.39, 0.29) is 0 Å². The number of hydrogen-bond donors (Lipinski definition) is 1. The van der Waals surface area contributed by atoms with E-state index >= 15 is 0 Å². The Labute approximate surface area is 118 Å². The molecule has 0 aromatic heterocycles. The van der Waals surface area contributed by atoms with Crippen molar-refractivity contribution < 1.29 is 0 Å². The summed E-state index contributed by atoms with van der Waals surface area (Å²) in [6, 6.07) is 9.02. The Morgan fingerprint density at radius 3 is 2.42 bits per heavy atom. The molecule has 0 radical (unpaired) electrons. The summed E-state index contributed by atoms with van der Waals surface area (Å²) in [5, 5.41) is 3.23. The first kappa shape index (κ1) is 15.9. The van der Waals surface area contributed by atoms with Crippen molar-refractivity contribution in [1.82, 2.24) is 10.2 Å². The third-order valence-electron chi connectivity index (χ3n) is 3.41. The highest BCUT2D eigenvalue weighted by Gasteiger charge is 2.06. The topological polar surface area (TPSA) is 15.3 Å². The number of nitrogens with zero attached hydrogens (tertiary/aromatic N) is 1. The molecule has 1 unspecified atom stereocenters. The van der Waals surface area contributed by atoms with Crippen molar-refractivity contribution in [1.29, 1.82) is 0 Å². The van der Waals surface area contributed by atoms with Crippen LogP contribution in [0.3, 0.4) is 0 Å². The highest BCUT2D eigenvalue weighted by atomic mass is 15.1. The summed E-state index contributed by atoms with van der Waals surface area (Å²) in [6.45, 7) is 14.6. The first-order valence-corrected chi connectivity index (χ1v) is 7.17. The molecule has 1 N–H and O–H groups in total. The fourth-order valence-electron chi connectivity index (χ4n) is 2.30. The van der Waals surface area contributed by atoms with E-state index in [2.05, 4.69) is 61.8 Å². The zero-order chi connectivity index (χ0) is 14.3. The Morgan fingerprint density at radius 2 is 1.95 bits per heavy atom. The largest absolute Gasteiger partial charge is 0.319 e. The molecule has 0 aliphatic heterocycles. The maximum absolute atomic E-state index is 3.99. The minimum atomic E-state index is 0.566. The van der Waals surface area contributed by atoms with Gasteiger partial charge in [0.25, 0.3) is 0 Å². The average molecular weight is 260 g/mol. The van der Waals surface area contributed by atoms with Crippen molar-refractivity contribution >= 4 is 0 Å². The summed E-state index contributed by atoms with van der Waals surface area (Å²) < 4.78 is 0. The van der Waals surface area contributed by atoms with Gasteiger partial charge in [-0.1, -0.05) is 50.3 Å². The normalized spacial score (nSPS) is 12.7. The second kappa shape index (κ2) is 8.13. The summed E-state index contributed by atoms with van der Waals surface area (Å²) in [5.74, 6) is 0.566. The van der Waals surface area contributed by atoms with E-state index in [1.807, 2.05) is 7.05 Å². The van der Waals surface area contributed by atoms with Gasteiger partial charge in [-0.25, -0.2) is 0 Å². The average Bonchev–Trinajstić information content (AvgIpc) is 2.38. The molecule has 19 heavy (non-hydrogen) atoms. The first-order valence-electron chi connectivity index (χ1n) is 7.17. The molecule has 0 fully saturated rings. The molecule has 2 nitrogen and oxygen atoms in total. The van der Waals surface area contributed by atoms with Gasteiger partial charge in [0.15, 0.2) is 0 Å². The predicted molar refractivity (Wildman–Crippen MR) is 84.5 cm³/mol. The van der Waals surface area contributed by atoms with E-state index in [0.29, 0.717) is 5.92 Å². The van der Waals surface area contributed by atoms with Gasteiger partial charge in [-0.05, 0) is 37.6 Å². The molecule has 0 bridgehead atoms. The second-order valence-electron chi connectivity index (χ2n) is 5.46. The van der Waals surface area contributed by atoms with Crippen LogP contribution in [-0.2, 0) is 6.54 Å². The third kappa shape index (κ3) is 5.58. The van der Waals surface area contributed by atoms with Crippen LogP contribution in [0.4, 0.5) is 0 Å². The summed E-state index contributed by atoms with van der Waals surface area (Å²) in [4.78, 5) is 2.41. The molecule has 0 saturated heterocycles. The minimum absolute atomic E-state index is 0.566. The van der Waals surface area contributed by atoms with Crippen LogP contribution in [0.25, 0.3) is 0 Å². The Hall–Kier alpha value is -1.12. The number of rotatable bonds is 8. The lowest BCUT2D eigenvalue weighted by molar-refractivity contribution is 0.304. The van der Waals surface area contributed by atoms with Crippen LogP contribution < -0.4 is 5.32 Å². The van der Waals surface area contributed by atoms with Gasteiger partial charge >= 0.3 is 0 Å². The van der Waals surface area contributed by atoms with E-state index in [1.54, 1.807) is 0 Å². The number of hydrogen-bond acceptors (Lipinski definition) is 2. The van der Waals surface area contributed by atoms with E-state index in [0.717, 1.165) is 26.2 Å². The van der Waals surface area contributed by atoms with Crippen LogP contribution in [-0.4, -0.2) is 31.6 Å². The van der Waals surface area contributed by atoms with Crippen molar-refractivity contribution in [2.45, 2.75) is 33.2 Å². The molecule has 1 atom stereocenters. The standard InChI is InChI=1S/C17H28N2/c1-6-19(12-14(2)3)13-16-7-9-17(10-8-16)15(4)11-18-5/h7-10,15,18H,2,6,11-13H2,1,3-5H3. The molecular weight excluding hydrogens is 232 g/mol. The van der Waals surface area contributed by atoms with E-state index < -0.39 is 0 Å². The maximum atomic E-state index is 3.99. The summed E-state index contributed by atoms with van der Waals surface area (Å²) in [5.41, 5.74) is 4.01. The smallest absolute Gasteiger partial charge is 0.0237 e. The molecule has 0 saturated carbocycles. The van der Waals surface area contributed by atoms with Gasteiger partial charge in [-0.2, -0.15) is 0 Å². The lowest BCUT2D eigenvalue weighted by atomic mass is 10.00. The van der Waals surface area contributed by atoms with Gasteiger partial charge in [-0.15, -0.1) is 0 Å². The van der Waals surface area contributed by atoms with Crippen LogP contribution in [0.15, 0.2) is 36.4 Å². The van der Waals surface area contributed by atoms with Gasteiger partial charge in [-0.3, -0.25) is 4.90 Å². The molecule has 0 amide bonds. The fourth-order valence-corrected chi connectivity index (χ4v) is 2.30. The minimum Gasteiger partial charge on any atom is -0.319 e. The monoisotopic (exact) mass is 260 g/mol. The second-order valence-corrected chi connectivity index (χ2v) is 5.46. The Bertz CT molecular complexity index is 381. The molecular formula is C17H28N2. The van der Waals surface area contributed by atoms with Gasteiger partial charge in [0.05, 0.1) is 0 Å².